The number of hydrogen-bond acceptors (Lipinski definition) is 4. The number of rotatable bonds is 5. The van der Waals surface area contributed by atoms with Gasteiger partial charge in [0.15, 0.2) is 5.75 Å². The van der Waals surface area contributed by atoms with Crippen LogP contribution >= 0.6 is 0 Å². The van der Waals surface area contributed by atoms with Crippen LogP contribution in [0.2, 0.25) is 0 Å². The first-order valence-electron chi connectivity index (χ1n) is 5.10. The van der Waals surface area contributed by atoms with Crippen molar-refractivity contribution in [3.8, 4) is 0 Å². The Balaban J connectivity index is 2.46. The Morgan fingerprint density at radius 1 is 1.44 bits per heavy atom. The van der Waals surface area contributed by atoms with Crippen molar-refractivity contribution in [2.24, 2.45) is 5.41 Å². The van der Waals surface area contributed by atoms with Crippen LogP contribution in [0.1, 0.15) is 19.8 Å². The Labute approximate surface area is 95.0 Å². The van der Waals surface area contributed by atoms with Crippen LogP contribution in [0.3, 0.4) is 0 Å². The molecular formula is C9H17NO5S. The smallest absolute Gasteiger partial charge is 0.320 e. The van der Waals surface area contributed by atoms with E-state index in [9.17, 15) is 13.2 Å². The van der Waals surface area contributed by atoms with Gasteiger partial charge in [-0.25, -0.2) is 13.1 Å². The lowest BCUT2D eigenvalue weighted by atomic mass is 9.83. The van der Waals surface area contributed by atoms with Gasteiger partial charge in [0.2, 0.25) is 10.0 Å². The standard InChI is InChI=1S/C9H17NO5S/c1-9(2-4-15-5-3-9)7-10-16(13,14)6-8(11)12/h10H,2-7H2,1H3,(H,11,12). The summed E-state index contributed by atoms with van der Waals surface area (Å²) in [7, 11) is -3.71. The maximum atomic E-state index is 11.3. The summed E-state index contributed by atoms with van der Waals surface area (Å²) in [5.41, 5.74) is -0.135. The topological polar surface area (TPSA) is 92.7 Å². The molecule has 0 saturated carbocycles. The quantitative estimate of drug-likeness (QED) is 0.706. The third-order valence-corrected chi connectivity index (χ3v) is 3.94. The van der Waals surface area contributed by atoms with Crippen LogP contribution in [0.4, 0.5) is 0 Å². The van der Waals surface area contributed by atoms with Gasteiger partial charge in [0, 0.05) is 19.8 Å². The summed E-state index contributed by atoms with van der Waals surface area (Å²) in [5, 5.41) is 8.41. The van der Waals surface area contributed by atoms with Crippen LogP contribution in [0.25, 0.3) is 0 Å². The molecule has 0 aromatic rings. The maximum absolute atomic E-state index is 11.3. The van der Waals surface area contributed by atoms with Crippen LogP contribution in [0.15, 0.2) is 0 Å². The first-order valence-corrected chi connectivity index (χ1v) is 6.75. The highest BCUT2D eigenvalue weighted by Gasteiger charge is 2.29. The zero-order chi connectivity index (χ0) is 12.2. The van der Waals surface area contributed by atoms with Crippen molar-refractivity contribution in [2.75, 3.05) is 25.5 Å². The number of carboxylic acids is 1. The van der Waals surface area contributed by atoms with Gasteiger partial charge in [-0.2, -0.15) is 0 Å². The molecule has 0 spiro atoms. The molecule has 1 aliphatic rings. The Hall–Kier alpha value is -0.660. The first-order chi connectivity index (χ1) is 7.33. The molecule has 2 N–H and O–H groups in total. The molecule has 16 heavy (non-hydrogen) atoms. The van der Waals surface area contributed by atoms with Gasteiger partial charge in [-0.15, -0.1) is 0 Å². The Kier molecular flexibility index (Phi) is 4.28. The van der Waals surface area contributed by atoms with E-state index < -0.39 is 21.7 Å². The second kappa shape index (κ2) is 5.11. The average molecular weight is 251 g/mol. The fraction of sp³-hybridized carbons (Fsp3) is 0.889. The van der Waals surface area contributed by atoms with Gasteiger partial charge in [0.25, 0.3) is 0 Å². The van der Waals surface area contributed by atoms with Gasteiger partial charge in [0.1, 0.15) is 0 Å². The molecule has 0 aromatic heterocycles. The van der Waals surface area contributed by atoms with Crippen molar-refractivity contribution in [2.45, 2.75) is 19.8 Å². The average Bonchev–Trinajstić information content (AvgIpc) is 2.15. The van der Waals surface area contributed by atoms with E-state index in [4.69, 9.17) is 9.84 Å². The van der Waals surface area contributed by atoms with E-state index in [1.807, 2.05) is 6.92 Å². The Bertz CT molecular complexity index is 345. The molecule has 6 nitrogen and oxygen atoms in total. The molecule has 0 unspecified atom stereocenters. The summed E-state index contributed by atoms with van der Waals surface area (Å²) in [6, 6.07) is 0. The molecule has 0 amide bonds. The SMILES string of the molecule is CC1(CNS(=O)(=O)CC(=O)O)CCOCC1. The van der Waals surface area contributed by atoms with Gasteiger partial charge >= 0.3 is 5.97 Å². The molecule has 0 aromatic carbocycles. The summed E-state index contributed by atoms with van der Waals surface area (Å²) in [5.74, 6) is -2.22. The molecule has 0 atom stereocenters. The monoisotopic (exact) mass is 251 g/mol. The maximum Gasteiger partial charge on any atom is 0.320 e. The van der Waals surface area contributed by atoms with E-state index >= 15 is 0 Å². The summed E-state index contributed by atoms with van der Waals surface area (Å²) in [6.45, 7) is 3.49. The lowest BCUT2D eigenvalue weighted by Crippen LogP contribution is -2.41. The van der Waals surface area contributed by atoms with Crippen LogP contribution in [0.5, 0.6) is 0 Å². The van der Waals surface area contributed by atoms with E-state index in [0.717, 1.165) is 12.8 Å². The van der Waals surface area contributed by atoms with Crippen LogP contribution in [0, 0.1) is 5.41 Å². The van der Waals surface area contributed by atoms with Gasteiger partial charge in [0.05, 0.1) is 0 Å². The first kappa shape index (κ1) is 13.4. The molecule has 1 saturated heterocycles. The minimum Gasteiger partial charge on any atom is -0.480 e. The molecule has 7 heteroatoms. The predicted molar refractivity (Wildman–Crippen MR) is 57.6 cm³/mol. The molecule has 1 rings (SSSR count). The lowest BCUT2D eigenvalue weighted by Gasteiger charge is -2.33. The van der Waals surface area contributed by atoms with Crippen LogP contribution < -0.4 is 4.72 Å². The van der Waals surface area contributed by atoms with Gasteiger partial charge < -0.3 is 9.84 Å². The van der Waals surface area contributed by atoms with Gasteiger partial charge in [-0.3, -0.25) is 4.79 Å². The van der Waals surface area contributed by atoms with Crippen LogP contribution in [-0.2, 0) is 19.6 Å². The summed E-state index contributed by atoms with van der Waals surface area (Å²) in [6.07, 6.45) is 1.56. The highest BCUT2D eigenvalue weighted by atomic mass is 32.2. The van der Waals surface area contributed by atoms with Crippen molar-refractivity contribution in [3.05, 3.63) is 0 Å². The molecule has 0 aliphatic carbocycles. The molecular weight excluding hydrogens is 234 g/mol. The molecule has 94 valence electrons. The van der Waals surface area contributed by atoms with E-state index in [-0.39, 0.29) is 12.0 Å². The zero-order valence-electron chi connectivity index (χ0n) is 9.23. The van der Waals surface area contributed by atoms with Crippen molar-refractivity contribution in [1.82, 2.24) is 4.72 Å². The molecule has 0 radical (unpaired) electrons. The van der Waals surface area contributed by atoms with Crippen LogP contribution in [-0.4, -0.2) is 45.0 Å². The normalized spacial score (nSPS) is 20.6. The second-order valence-corrected chi connectivity index (χ2v) is 6.20. The van der Waals surface area contributed by atoms with Gasteiger partial charge in [-0.05, 0) is 18.3 Å². The second-order valence-electron chi connectivity index (χ2n) is 4.40. The van der Waals surface area contributed by atoms with Crippen molar-refractivity contribution in [1.29, 1.82) is 0 Å². The third kappa shape index (κ3) is 4.46. The van der Waals surface area contributed by atoms with Crippen molar-refractivity contribution in [3.63, 3.8) is 0 Å². The van der Waals surface area contributed by atoms with Crippen molar-refractivity contribution >= 4 is 16.0 Å². The fourth-order valence-corrected chi connectivity index (χ4v) is 2.53. The van der Waals surface area contributed by atoms with E-state index in [0.29, 0.717) is 13.2 Å². The summed E-state index contributed by atoms with van der Waals surface area (Å²) >= 11 is 0. The van der Waals surface area contributed by atoms with Crippen molar-refractivity contribution < 1.29 is 23.1 Å². The number of carboxylic acid groups (broad SMARTS) is 1. The Morgan fingerprint density at radius 3 is 2.50 bits per heavy atom. The number of nitrogens with one attached hydrogen (secondary N) is 1. The number of hydrogen-bond donors (Lipinski definition) is 2. The highest BCUT2D eigenvalue weighted by molar-refractivity contribution is 7.90. The largest absolute Gasteiger partial charge is 0.480 e. The fourth-order valence-electron chi connectivity index (χ4n) is 1.54. The molecule has 0 bridgehead atoms. The number of sulfonamides is 1. The molecule has 1 heterocycles. The molecule has 1 aliphatic heterocycles. The summed E-state index contributed by atoms with van der Waals surface area (Å²) < 4.78 is 30.1. The Morgan fingerprint density at radius 2 is 2.00 bits per heavy atom. The minimum atomic E-state index is -3.71. The van der Waals surface area contributed by atoms with Gasteiger partial charge in [-0.1, -0.05) is 6.92 Å². The van der Waals surface area contributed by atoms with E-state index in [1.54, 1.807) is 0 Å². The van der Waals surface area contributed by atoms with E-state index in [2.05, 4.69) is 4.72 Å². The zero-order valence-corrected chi connectivity index (χ0v) is 10.0. The van der Waals surface area contributed by atoms with E-state index in [1.165, 1.54) is 0 Å². The number of ether oxygens (including phenoxy) is 1. The predicted octanol–water partition coefficient (Wildman–Crippen LogP) is -0.193. The highest BCUT2D eigenvalue weighted by Crippen LogP contribution is 2.28. The molecule has 1 fully saturated rings. The lowest BCUT2D eigenvalue weighted by molar-refractivity contribution is -0.134. The minimum absolute atomic E-state index is 0.135. The number of aliphatic carboxylic acids is 1. The number of carbonyl (C=O) groups is 1. The third-order valence-electron chi connectivity index (χ3n) is 2.73. The summed E-state index contributed by atoms with van der Waals surface area (Å²) in [4.78, 5) is 10.3.